The van der Waals surface area contributed by atoms with Crippen LogP contribution >= 0.6 is 50.5 Å². The summed E-state index contributed by atoms with van der Waals surface area (Å²) in [6, 6.07) is 10.8. The topological polar surface area (TPSA) is 51.2 Å². The standard InChI is InChI=1S/C19H13BrCl2N2O2S/c1-26-17-6-3-12(8-14(17)20)16-10-27-19(23-16)24-18(25)7-4-11-2-5-13(21)9-15(11)22/h2-10H,1H3,(H,23,24,25)/b7-4+. The van der Waals surface area contributed by atoms with Crippen molar-refractivity contribution in [1.82, 2.24) is 4.98 Å². The van der Waals surface area contributed by atoms with E-state index in [9.17, 15) is 4.79 Å². The fourth-order valence-electron chi connectivity index (χ4n) is 2.24. The first-order chi connectivity index (χ1) is 13.0. The number of ether oxygens (including phenoxy) is 1. The molecule has 4 nitrogen and oxygen atoms in total. The van der Waals surface area contributed by atoms with Crippen LogP contribution in [0.2, 0.25) is 10.0 Å². The van der Waals surface area contributed by atoms with Gasteiger partial charge in [-0.1, -0.05) is 29.3 Å². The van der Waals surface area contributed by atoms with E-state index >= 15 is 0 Å². The normalized spacial score (nSPS) is 11.0. The maximum Gasteiger partial charge on any atom is 0.250 e. The Bertz CT molecular complexity index is 1020. The van der Waals surface area contributed by atoms with Gasteiger partial charge in [-0.05, 0) is 57.9 Å². The smallest absolute Gasteiger partial charge is 0.250 e. The Hall–Kier alpha value is -1.86. The molecule has 1 amide bonds. The van der Waals surface area contributed by atoms with Gasteiger partial charge in [-0.3, -0.25) is 10.1 Å². The van der Waals surface area contributed by atoms with Gasteiger partial charge in [0.25, 0.3) is 0 Å². The number of carbonyl (C=O) groups excluding carboxylic acids is 1. The summed E-state index contributed by atoms with van der Waals surface area (Å²) in [7, 11) is 1.61. The number of nitrogens with zero attached hydrogens (tertiary/aromatic N) is 1. The molecule has 138 valence electrons. The van der Waals surface area contributed by atoms with Crippen molar-refractivity contribution in [3.8, 4) is 17.0 Å². The van der Waals surface area contributed by atoms with E-state index in [2.05, 4.69) is 26.2 Å². The number of hydrogen-bond donors (Lipinski definition) is 1. The third-order valence-corrected chi connectivity index (χ3v) is 5.50. The van der Waals surface area contributed by atoms with Crippen molar-refractivity contribution in [2.45, 2.75) is 0 Å². The zero-order valence-electron chi connectivity index (χ0n) is 14.0. The molecule has 0 aliphatic rings. The Morgan fingerprint density at radius 1 is 1.26 bits per heavy atom. The molecule has 0 saturated heterocycles. The molecule has 0 fully saturated rings. The van der Waals surface area contributed by atoms with Gasteiger partial charge in [0.05, 0.1) is 17.3 Å². The van der Waals surface area contributed by atoms with Crippen LogP contribution in [0.25, 0.3) is 17.3 Å². The molecule has 1 N–H and O–H groups in total. The molecular formula is C19H13BrCl2N2O2S. The number of aromatic nitrogens is 1. The minimum atomic E-state index is -0.294. The molecule has 0 bridgehead atoms. The molecule has 27 heavy (non-hydrogen) atoms. The van der Waals surface area contributed by atoms with Gasteiger partial charge < -0.3 is 4.74 Å². The summed E-state index contributed by atoms with van der Waals surface area (Å²) in [6.45, 7) is 0. The molecule has 0 atom stereocenters. The Labute approximate surface area is 178 Å². The third-order valence-electron chi connectivity index (χ3n) is 3.56. The van der Waals surface area contributed by atoms with Crippen LogP contribution in [0.15, 0.2) is 52.3 Å². The van der Waals surface area contributed by atoms with Crippen molar-refractivity contribution < 1.29 is 9.53 Å². The number of nitrogens with one attached hydrogen (secondary N) is 1. The fourth-order valence-corrected chi connectivity index (χ4v) is 3.97. The molecule has 1 aromatic heterocycles. The van der Waals surface area contributed by atoms with Crippen LogP contribution in [0.1, 0.15) is 5.56 Å². The highest BCUT2D eigenvalue weighted by Crippen LogP contribution is 2.32. The van der Waals surface area contributed by atoms with Crippen LogP contribution < -0.4 is 10.1 Å². The molecule has 8 heteroatoms. The van der Waals surface area contributed by atoms with E-state index in [0.29, 0.717) is 20.7 Å². The second-order valence-corrected chi connectivity index (χ2v) is 7.93. The number of anilines is 1. The predicted molar refractivity (Wildman–Crippen MR) is 116 cm³/mol. The number of methoxy groups -OCH3 is 1. The number of carbonyl (C=O) groups is 1. The number of halogens is 3. The van der Waals surface area contributed by atoms with Crippen molar-refractivity contribution in [3.63, 3.8) is 0 Å². The highest BCUT2D eigenvalue weighted by atomic mass is 79.9. The number of benzene rings is 2. The molecule has 0 radical (unpaired) electrons. The summed E-state index contributed by atoms with van der Waals surface area (Å²) in [6.07, 6.45) is 3.03. The lowest BCUT2D eigenvalue weighted by Gasteiger charge is -2.04. The highest BCUT2D eigenvalue weighted by Gasteiger charge is 2.09. The zero-order chi connectivity index (χ0) is 19.4. The lowest BCUT2D eigenvalue weighted by Crippen LogP contribution is -2.07. The van der Waals surface area contributed by atoms with Crippen LogP contribution in [0.3, 0.4) is 0 Å². The van der Waals surface area contributed by atoms with Gasteiger partial charge in [-0.2, -0.15) is 0 Å². The van der Waals surface area contributed by atoms with E-state index in [1.807, 2.05) is 23.6 Å². The summed E-state index contributed by atoms with van der Waals surface area (Å²) in [5, 5.41) is 6.16. The van der Waals surface area contributed by atoms with Crippen LogP contribution in [-0.4, -0.2) is 18.0 Å². The molecule has 0 saturated carbocycles. The Balaban J connectivity index is 1.69. The van der Waals surface area contributed by atoms with Crippen LogP contribution in [-0.2, 0) is 4.79 Å². The van der Waals surface area contributed by atoms with Crippen LogP contribution in [0.5, 0.6) is 5.75 Å². The molecule has 0 aliphatic carbocycles. The number of hydrogen-bond acceptors (Lipinski definition) is 4. The van der Waals surface area contributed by atoms with Crippen LogP contribution in [0.4, 0.5) is 5.13 Å². The maximum absolute atomic E-state index is 12.1. The van der Waals surface area contributed by atoms with Gasteiger partial charge in [-0.15, -0.1) is 11.3 Å². The van der Waals surface area contributed by atoms with Crippen molar-refractivity contribution >= 4 is 67.6 Å². The lowest BCUT2D eigenvalue weighted by atomic mass is 10.2. The Morgan fingerprint density at radius 3 is 2.78 bits per heavy atom. The molecule has 0 spiro atoms. The van der Waals surface area contributed by atoms with Crippen molar-refractivity contribution in [1.29, 1.82) is 0 Å². The second kappa shape index (κ2) is 8.89. The van der Waals surface area contributed by atoms with Gasteiger partial charge in [0.1, 0.15) is 5.75 Å². The summed E-state index contributed by atoms with van der Waals surface area (Å²) in [5.74, 6) is 0.450. The quantitative estimate of drug-likeness (QED) is 0.419. The van der Waals surface area contributed by atoms with E-state index in [-0.39, 0.29) is 5.91 Å². The minimum absolute atomic E-state index is 0.294. The lowest BCUT2D eigenvalue weighted by molar-refractivity contribution is -0.111. The van der Waals surface area contributed by atoms with Gasteiger partial charge in [-0.25, -0.2) is 4.98 Å². The largest absolute Gasteiger partial charge is 0.496 e. The van der Waals surface area contributed by atoms with E-state index in [4.69, 9.17) is 27.9 Å². The fraction of sp³-hybridized carbons (Fsp3) is 0.0526. The molecule has 3 rings (SSSR count). The summed E-state index contributed by atoms with van der Waals surface area (Å²) in [4.78, 5) is 16.6. The van der Waals surface area contributed by atoms with E-state index in [0.717, 1.165) is 21.5 Å². The van der Waals surface area contributed by atoms with Gasteiger partial charge >= 0.3 is 0 Å². The first kappa shape index (κ1) is 19.9. The molecule has 3 aromatic rings. The molecule has 2 aromatic carbocycles. The van der Waals surface area contributed by atoms with Crippen molar-refractivity contribution in [3.05, 3.63) is 67.9 Å². The Kier molecular flexibility index (Phi) is 6.55. The summed E-state index contributed by atoms with van der Waals surface area (Å²) >= 11 is 16.8. The first-order valence-electron chi connectivity index (χ1n) is 7.70. The van der Waals surface area contributed by atoms with Crippen LogP contribution in [0, 0.1) is 0 Å². The minimum Gasteiger partial charge on any atom is -0.496 e. The molecular weight excluding hydrogens is 471 g/mol. The SMILES string of the molecule is COc1ccc(-c2csc(NC(=O)/C=C/c3ccc(Cl)cc3Cl)n2)cc1Br. The van der Waals surface area contributed by atoms with Gasteiger partial charge in [0.15, 0.2) is 5.13 Å². The monoisotopic (exact) mass is 482 g/mol. The Morgan fingerprint density at radius 2 is 2.07 bits per heavy atom. The predicted octanol–water partition coefficient (Wildman–Crippen LogP) is 6.54. The van der Waals surface area contributed by atoms with Gasteiger partial charge in [0.2, 0.25) is 5.91 Å². The highest BCUT2D eigenvalue weighted by molar-refractivity contribution is 9.10. The summed E-state index contributed by atoms with van der Waals surface area (Å²) in [5.41, 5.74) is 2.39. The van der Waals surface area contributed by atoms with Crippen molar-refractivity contribution in [2.75, 3.05) is 12.4 Å². The number of amides is 1. The molecule has 0 unspecified atom stereocenters. The summed E-state index contributed by atoms with van der Waals surface area (Å²) < 4.78 is 6.06. The molecule has 0 aliphatic heterocycles. The first-order valence-corrected chi connectivity index (χ1v) is 10.1. The zero-order valence-corrected chi connectivity index (χ0v) is 17.9. The average Bonchev–Trinajstić information content (AvgIpc) is 3.09. The average molecular weight is 484 g/mol. The third kappa shape index (κ3) is 5.11. The van der Waals surface area contributed by atoms with E-state index in [1.54, 1.807) is 31.4 Å². The van der Waals surface area contributed by atoms with E-state index < -0.39 is 0 Å². The van der Waals surface area contributed by atoms with Crippen molar-refractivity contribution in [2.24, 2.45) is 0 Å². The number of rotatable bonds is 5. The molecule has 1 heterocycles. The number of thiazole rings is 1. The second-order valence-electron chi connectivity index (χ2n) is 5.38. The maximum atomic E-state index is 12.1. The van der Waals surface area contributed by atoms with E-state index in [1.165, 1.54) is 17.4 Å². The van der Waals surface area contributed by atoms with Gasteiger partial charge in [0, 0.05) is 27.1 Å².